The molecule has 6 heteroatoms. The molecule has 0 aliphatic rings. The minimum atomic E-state index is 0. The lowest BCUT2D eigenvalue weighted by molar-refractivity contribution is 0.483. The van der Waals surface area contributed by atoms with Gasteiger partial charge in [0.05, 0.1) is 5.69 Å². The number of para-hydroxylation sites is 1. The first-order valence-electron chi connectivity index (χ1n) is 8.25. The second kappa shape index (κ2) is 8.66. The summed E-state index contributed by atoms with van der Waals surface area (Å²) in [6.07, 6.45) is 1.84. The maximum atomic E-state index is 6.10. The molecule has 0 unspecified atom stereocenters. The zero-order valence-electron chi connectivity index (χ0n) is 14.6. The van der Waals surface area contributed by atoms with E-state index in [0.717, 1.165) is 27.7 Å². The Hall–Kier alpha value is -2.89. The van der Waals surface area contributed by atoms with Crippen molar-refractivity contribution in [1.29, 1.82) is 0 Å². The zero-order valence-corrected chi connectivity index (χ0v) is 16.3. The summed E-state index contributed by atoms with van der Waals surface area (Å²) < 4.78 is 6.10. The number of aromatic nitrogens is 2. The molecule has 0 radical (unpaired) electrons. The quantitative estimate of drug-likeness (QED) is 0.420. The van der Waals surface area contributed by atoms with E-state index in [2.05, 4.69) is 27.4 Å². The van der Waals surface area contributed by atoms with Gasteiger partial charge in [-0.15, -0.1) is 23.7 Å². The Bertz CT molecular complexity index is 1010. The molecule has 4 nitrogen and oxygen atoms in total. The summed E-state index contributed by atoms with van der Waals surface area (Å²) in [6, 6.07) is 21.8. The van der Waals surface area contributed by atoms with Gasteiger partial charge in [-0.25, -0.2) is 9.97 Å². The van der Waals surface area contributed by atoms with E-state index in [1.807, 2.05) is 73.1 Å². The van der Waals surface area contributed by atoms with Crippen LogP contribution in [-0.4, -0.2) is 9.97 Å². The molecule has 27 heavy (non-hydrogen) atoms. The Kier molecular flexibility index (Phi) is 6.06. The SMILES string of the molecule is Cc1csc(Nc2ncc(-c3ccccc3)cc2Oc2ccccc2)n1.Cl. The first-order chi connectivity index (χ1) is 12.8. The number of benzene rings is 2. The summed E-state index contributed by atoms with van der Waals surface area (Å²) in [5.74, 6) is 2.06. The number of rotatable bonds is 5. The van der Waals surface area contributed by atoms with E-state index < -0.39 is 0 Å². The number of hydrogen-bond acceptors (Lipinski definition) is 5. The van der Waals surface area contributed by atoms with E-state index in [1.165, 1.54) is 0 Å². The first kappa shape index (κ1) is 18.9. The van der Waals surface area contributed by atoms with E-state index in [4.69, 9.17) is 4.74 Å². The minimum absolute atomic E-state index is 0. The molecule has 0 aliphatic carbocycles. The van der Waals surface area contributed by atoms with Gasteiger partial charge in [-0.1, -0.05) is 48.5 Å². The van der Waals surface area contributed by atoms with E-state index in [0.29, 0.717) is 11.6 Å². The number of ether oxygens (including phenoxy) is 1. The molecular weight excluding hydrogens is 378 g/mol. The highest BCUT2D eigenvalue weighted by molar-refractivity contribution is 7.13. The summed E-state index contributed by atoms with van der Waals surface area (Å²) >= 11 is 1.54. The highest BCUT2D eigenvalue weighted by Crippen LogP contribution is 2.34. The van der Waals surface area contributed by atoms with Gasteiger partial charge >= 0.3 is 0 Å². The normalized spacial score (nSPS) is 10.1. The van der Waals surface area contributed by atoms with Crippen LogP contribution in [0.5, 0.6) is 11.5 Å². The van der Waals surface area contributed by atoms with Crippen molar-refractivity contribution in [3.8, 4) is 22.6 Å². The van der Waals surface area contributed by atoms with Crippen LogP contribution < -0.4 is 10.1 Å². The van der Waals surface area contributed by atoms with Crippen molar-refractivity contribution in [2.75, 3.05) is 5.32 Å². The van der Waals surface area contributed by atoms with Crippen LogP contribution in [0.4, 0.5) is 10.9 Å². The van der Waals surface area contributed by atoms with Gasteiger partial charge in [0.15, 0.2) is 16.7 Å². The summed E-state index contributed by atoms with van der Waals surface area (Å²) in [7, 11) is 0. The van der Waals surface area contributed by atoms with Gasteiger partial charge in [-0.3, -0.25) is 0 Å². The Balaban J connectivity index is 0.00000210. The van der Waals surface area contributed by atoms with Crippen LogP contribution in [0.1, 0.15) is 5.69 Å². The Morgan fingerprint density at radius 2 is 1.63 bits per heavy atom. The third-order valence-corrected chi connectivity index (χ3v) is 4.65. The van der Waals surface area contributed by atoms with E-state index in [9.17, 15) is 0 Å². The Morgan fingerprint density at radius 3 is 2.30 bits per heavy atom. The number of aryl methyl sites for hydroxylation is 1. The molecule has 2 aromatic carbocycles. The van der Waals surface area contributed by atoms with Crippen molar-refractivity contribution in [2.45, 2.75) is 6.92 Å². The van der Waals surface area contributed by atoms with Crippen LogP contribution in [0, 0.1) is 6.92 Å². The molecule has 2 heterocycles. The molecule has 0 bridgehead atoms. The molecule has 136 valence electrons. The topological polar surface area (TPSA) is 47.0 Å². The van der Waals surface area contributed by atoms with Crippen molar-refractivity contribution in [3.05, 3.63) is 84.0 Å². The van der Waals surface area contributed by atoms with E-state index in [-0.39, 0.29) is 12.4 Å². The molecule has 1 N–H and O–H groups in total. The van der Waals surface area contributed by atoms with Gasteiger partial charge in [0, 0.05) is 17.1 Å². The van der Waals surface area contributed by atoms with Crippen molar-refractivity contribution >= 4 is 34.7 Å². The largest absolute Gasteiger partial charge is 0.453 e. The summed E-state index contributed by atoms with van der Waals surface area (Å²) in [6.45, 7) is 1.97. The van der Waals surface area contributed by atoms with Crippen LogP contribution >= 0.6 is 23.7 Å². The maximum absolute atomic E-state index is 6.10. The molecule has 0 saturated heterocycles. The van der Waals surface area contributed by atoms with Crippen LogP contribution in [0.25, 0.3) is 11.1 Å². The number of pyridine rings is 1. The lowest BCUT2D eigenvalue weighted by Crippen LogP contribution is -1.98. The predicted molar refractivity (Wildman–Crippen MR) is 114 cm³/mol. The fraction of sp³-hybridized carbons (Fsp3) is 0.0476. The zero-order chi connectivity index (χ0) is 17.8. The van der Waals surface area contributed by atoms with Crippen molar-refractivity contribution < 1.29 is 4.74 Å². The molecule has 4 rings (SSSR count). The number of thiazole rings is 1. The molecule has 0 fully saturated rings. The molecule has 2 aromatic heterocycles. The summed E-state index contributed by atoms with van der Waals surface area (Å²) in [5, 5.41) is 6.05. The van der Waals surface area contributed by atoms with Crippen molar-refractivity contribution in [2.24, 2.45) is 0 Å². The van der Waals surface area contributed by atoms with E-state index >= 15 is 0 Å². The first-order valence-corrected chi connectivity index (χ1v) is 9.13. The van der Waals surface area contributed by atoms with Gasteiger partial charge in [-0.05, 0) is 30.7 Å². The fourth-order valence-corrected chi connectivity index (χ4v) is 3.22. The van der Waals surface area contributed by atoms with Crippen LogP contribution in [0.2, 0.25) is 0 Å². The third kappa shape index (κ3) is 4.64. The smallest absolute Gasteiger partial charge is 0.188 e. The summed E-state index contributed by atoms with van der Waals surface area (Å²) in [5.41, 5.74) is 3.07. The van der Waals surface area contributed by atoms with Gasteiger partial charge in [0.25, 0.3) is 0 Å². The minimum Gasteiger partial charge on any atom is -0.453 e. The monoisotopic (exact) mass is 395 g/mol. The van der Waals surface area contributed by atoms with E-state index in [1.54, 1.807) is 11.3 Å². The Morgan fingerprint density at radius 1 is 0.926 bits per heavy atom. The molecule has 0 amide bonds. The standard InChI is InChI=1S/C21H17N3OS.ClH/c1-15-14-26-21(23-15)24-20-19(25-18-10-6-3-7-11-18)12-17(13-22-20)16-8-4-2-5-9-16;/h2-14H,1H3,(H,22,23,24);1H. The lowest BCUT2D eigenvalue weighted by Gasteiger charge is -2.12. The van der Waals surface area contributed by atoms with Crippen LogP contribution in [-0.2, 0) is 0 Å². The molecular formula is C21H18ClN3OS. The third-order valence-electron chi connectivity index (χ3n) is 3.78. The number of nitrogens with one attached hydrogen (secondary N) is 1. The number of anilines is 2. The molecule has 0 saturated carbocycles. The second-order valence-electron chi connectivity index (χ2n) is 5.77. The average molecular weight is 396 g/mol. The molecule has 0 aliphatic heterocycles. The fourth-order valence-electron chi connectivity index (χ4n) is 2.53. The van der Waals surface area contributed by atoms with Gasteiger partial charge in [0.2, 0.25) is 0 Å². The number of hydrogen-bond donors (Lipinski definition) is 1. The van der Waals surface area contributed by atoms with Crippen molar-refractivity contribution in [3.63, 3.8) is 0 Å². The number of nitrogens with zero attached hydrogens (tertiary/aromatic N) is 2. The Labute approximate surface area is 168 Å². The van der Waals surface area contributed by atoms with Crippen molar-refractivity contribution in [1.82, 2.24) is 9.97 Å². The maximum Gasteiger partial charge on any atom is 0.188 e. The molecule has 0 atom stereocenters. The predicted octanol–water partition coefficient (Wildman–Crippen LogP) is 6.47. The summed E-state index contributed by atoms with van der Waals surface area (Å²) in [4.78, 5) is 9.03. The highest BCUT2D eigenvalue weighted by atomic mass is 35.5. The van der Waals surface area contributed by atoms with Gasteiger partial charge < -0.3 is 10.1 Å². The highest BCUT2D eigenvalue weighted by Gasteiger charge is 2.11. The second-order valence-corrected chi connectivity index (χ2v) is 6.63. The lowest BCUT2D eigenvalue weighted by atomic mass is 10.1. The van der Waals surface area contributed by atoms with Gasteiger partial charge in [-0.2, -0.15) is 0 Å². The number of halogens is 1. The molecule has 0 spiro atoms. The van der Waals surface area contributed by atoms with Crippen LogP contribution in [0.15, 0.2) is 78.3 Å². The van der Waals surface area contributed by atoms with Gasteiger partial charge in [0.1, 0.15) is 5.75 Å². The average Bonchev–Trinajstić information content (AvgIpc) is 3.09. The van der Waals surface area contributed by atoms with Crippen LogP contribution in [0.3, 0.4) is 0 Å². The molecule has 4 aromatic rings.